The van der Waals surface area contributed by atoms with Crippen LogP contribution in [-0.2, 0) is 0 Å². The second-order valence-electron chi connectivity index (χ2n) is 3.22. The van der Waals surface area contributed by atoms with Crippen molar-refractivity contribution in [2.45, 2.75) is 9.79 Å². The highest BCUT2D eigenvalue weighted by Crippen LogP contribution is 2.29. The van der Waals surface area contributed by atoms with E-state index in [1.807, 2.05) is 42.5 Å². The number of carboxylic acids is 1. The molecule has 1 N–H and O–H groups in total. The first kappa shape index (κ1) is 10.8. The van der Waals surface area contributed by atoms with Crippen LogP contribution in [0, 0.1) is 0 Å². The van der Waals surface area contributed by atoms with Gasteiger partial charge in [-0.3, -0.25) is 0 Å². The fourth-order valence-corrected chi connectivity index (χ4v) is 2.31. The molecule has 2 aromatic carbocycles. The average Bonchev–Trinajstić information content (AvgIpc) is 2.31. The molecule has 16 heavy (non-hydrogen) atoms. The van der Waals surface area contributed by atoms with Crippen molar-refractivity contribution >= 4 is 17.7 Å². The van der Waals surface area contributed by atoms with Crippen molar-refractivity contribution in [3.8, 4) is 0 Å². The van der Waals surface area contributed by atoms with Crippen LogP contribution in [0.3, 0.4) is 0 Å². The van der Waals surface area contributed by atoms with Crippen LogP contribution in [0.15, 0.2) is 64.4 Å². The van der Waals surface area contributed by atoms with Gasteiger partial charge in [0, 0.05) is 9.79 Å². The molecule has 0 heterocycles. The van der Waals surface area contributed by atoms with Gasteiger partial charge < -0.3 is 5.11 Å². The Bertz CT molecular complexity index is 494. The molecule has 2 rings (SSSR count). The molecule has 0 amide bonds. The number of rotatable bonds is 3. The van der Waals surface area contributed by atoms with Gasteiger partial charge in [-0.05, 0) is 24.3 Å². The third kappa shape index (κ3) is 2.44. The zero-order valence-electron chi connectivity index (χ0n) is 8.46. The number of hydrogen-bond acceptors (Lipinski definition) is 2. The van der Waals surface area contributed by atoms with Crippen molar-refractivity contribution in [3.63, 3.8) is 0 Å². The van der Waals surface area contributed by atoms with E-state index in [2.05, 4.69) is 0 Å². The predicted molar refractivity (Wildman–Crippen MR) is 64.0 cm³/mol. The van der Waals surface area contributed by atoms with Gasteiger partial charge in [0.05, 0.1) is 5.56 Å². The van der Waals surface area contributed by atoms with Gasteiger partial charge in [0.2, 0.25) is 0 Å². The quantitative estimate of drug-likeness (QED) is 0.876. The van der Waals surface area contributed by atoms with Crippen molar-refractivity contribution in [2.24, 2.45) is 0 Å². The average molecular weight is 230 g/mol. The minimum atomic E-state index is -0.890. The Morgan fingerprint density at radius 2 is 1.56 bits per heavy atom. The number of benzene rings is 2. The zero-order valence-corrected chi connectivity index (χ0v) is 9.28. The molecule has 0 saturated carbocycles. The van der Waals surface area contributed by atoms with Crippen molar-refractivity contribution in [2.75, 3.05) is 0 Å². The lowest BCUT2D eigenvalue weighted by Crippen LogP contribution is -1.97. The molecule has 2 aromatic rings. The normalized spacial score (nSPS) is 10.0. The van der Waals surface area contributed by atoms with Gasteiger partial charge >= 0.3 is 5.97 Å². The summed E-state index contributed by atoms with van der Waals surface area (Å²) in [5.74, 6) is -0.890. The van der Waals surface area contributed by atoms with Crippen molar-refractivity contribution in [3.05, 3.63) is 60.2 Å². The Morgan fingerprint density at radius 1 is 0.938 bits per heavy atom. The topological polar surface area (TPSA) is 37.3 Å². The maximum atomic E-state index is 11.0. The van der Waals surface area contributed by atoms with E-state index in [0.717, 1.165) is 9.79 Å². The maximum Gasteiger partial charge on any atom is 0.336 e. The second kappa shape index (κ2) is 4.86. The largest absolute Gasteiger partial charge is 0.478 e. The Labute approximate surface area is 97.9 Å². The van der Waals surface area contributed by atoms with E-state index in [4.69, 9.17) is 5.11 Å². The molecule has 0 aliphatic carbocycles. The van der Waals surface area contributed by atoms with Gasteiger partial charge in [0.15, 0.2) is 0 Å². The lowest BCUT2D eigenvalue weighted by atomic mass is 10.2. The van der Waals surface area contributed by atoms with Crippen LogP contribution in [0.2, 0.25) is 0 Å². The highest BCUT2D eigenvalue weighted by Gasteiger charge is 2.09. The molecule has 80 valence electrons. The van der Waals surface area contributed by atoms with Crippen LogP contribution in [0.1, 0.15) is 10.4 Å². The minimum absolute atomic E-state index is 0.344. The van der Waals surface area contributed by atoms with Crippen LogP contribution in [-0.4, -0.2) is 11.1 Å². The van der Waals surface area contributed by atoms with Crippen LogP contribution in [0.25, 0.3) is 0 Å². The van der Waals surface area contributed by atoms with E-state index >= 15 is 0 Å². The predicted octanol–water partition coefficient (Wildman–Crippen LogP) is 3.54. The van der Waals surface area contributed by atoms with Crippen LogP contribution in [0.4, 0.5) is 0 Å². The minimum Gasteiger partial charge on any atom is -0.478 e. The van der Waals surface area contributed by atoms with E-state index in [-0.39, 0.29) is 0 Å². The highest BCUT2D eigenvalue weighted by molar-refractivity contribution is 7.99. The van der Waals surface area contributed by atoms with Gasteiger partial charge in [-0.2, -0.15) is 0 Å². The summed E-state index contributed by atoms with van der Waals surface area (Å²) in [6.45, 7) is 0. The Morgan fingerprint density at radius 3 is 2.25 bits per heavy atom. The van der Waals surface area contributed by atoms with Gasteiger partial charge in [-0.25, -0.2) is 4.79 Å². The van der Waals surface area contributed by atoms with Crippen molar-refractivity contribution < 1.29 is 9.90 Å². The van der Waals surface area contributed by atoms with Crippen LogP contribution in [0.5, 0.6) is 0 Å². The number of carbonyl (C=O) groups is 1. The standard InChI is InChI=1S/C13H10O2S/c14-13(15)11-8-4-5-9-12(11)16-10-6-2-1-3-7-10/h1-9H,(H,14,15). The molecule has 0 atom stereocenters. The molecule has 0 aliphatic rings. The summed E-state index contributed by atoms with van der Waals surface area (Å²) in [6.07, 6.45) is 0. The zero-order chi connectivity index (χ0) is 11.4. The van der Waals surface area contributed by atoms with Crippen LogP contribution < -0.4 is 0 Å². The number of hydrogen-bond donors (Lipinski definition) is 1. The summed E-state index contributed by atoms with van der Waals surface area (Å²) in [6, 6.07) is 16.8. The molecule has 0 radical (unpaired) electrons. The van der Waals surface area contributed by atoms with Crippen LogP contribution >= 0.6 is 11.8 Å². The first-order valence-corrected chi connectivity index (χ1v) is 5.64. The first-order chi connectivity index (χ1) is 7.77. The van der Waals surface area contributed by atoms with E-state index in [9.17, 15) is 4.79 Å². The van der Waals surface area contributed by atoms with E-state index in [1.165, 1.54) is 11.8 Å². The Hall–Kier alpha value is -1.74. The molecule has 0 fully saturated rings. The molecular formula is C13H10O2S. The molecule has 2 nitrogen and oxygen atoms in total. The Kier molecular flexibility index (Phi) is 3.27. The summed E-state index contributed by atoms with van der Waals surface area (Å²) in [7, 11) is 0. The molecular weight excluding hydrogens is 220 g/mol. The smallest absolute Gasteiger partial charge is 0.336 e. The lowest BCUT2D eigenvalue weighted by molar-refractivity contribution is 0.0693. The third-order valence-corrected chi connectivity index (χ3v) is 3.17. The summed E-state index contributed by atoms with van der Waals surface area (Å²) in [5, 5.41) is 9.03. The van der Waals surface area contributed by atoms with Crippen molar-refractivity contribution in [1.82, 2.24) is 0 Å². The highest BCUT2D eigenvalue weighted by atomic mass is 32.2. The Balaban J connectivity index is 2.31. The van der Waals surface area contributed by atoms with Gasteiger partial charge in [-0.15, -0.1) is 0 Å². The summed E-state index contributed by atoms with van der Waals surface area (Å²) in [5.41, 5.74) is 0.344. The SMILES string of the molecule is O=C(O)c1ccccc1Sc1ccccc1. The first-order valence-electron chi connectivity index (χ1n) is 4.82. The fraction of sp³-hybridized carbons (Fsp3) is 0. The van der Waals surface area contributed by atoms with Gasteiger partial charge in [0.25, 0.3) is 0 Å². The van der Waals surface area contributed by atoms with Crippen molar-refractivity contribution in [1.29, 1.82) is 0 Å². The molecule has 0 saturated heterocycles. The maximum absolute atomic E-state index is 11.0. The lowest BCUT2D eigenvalue weighted by Gasteiger charge is -2.04. The molecule has 0 spiro atoms. The molecule has 0 aliphatic heterocycles. The third-order valence-electron chi connectivity index (χ3n) is 2.09. The monoisotopic (exact) mass is 230 g/mol. The molecule has 0 aromatic heterocycles. The fourth-order valence-electron chi connectivity index (χ4n) is 1.35. The van der Waals surface area contributed by atoms with Gasteiger partial charge in [-0.1, -0.05) is 42.1 Å². The van der Waals surface area contributed by atoms with Gasteiger partial charge in [0.1, 0.15) is 0 Å². The van der Waals surface area contributed by atoms with E-state index < -0.39 is 5.97 Å². The molecule has 0 unspecified atom stereocenters. The number of carboxylic acid groups (broad SMARTS) is 1. The molecule has 3 heteroatoms. The van der Waals surface area contributed by atoms with E-state index in [0.29, 0.717) is 5.56 Å². The number of aromatic carboxylic acids is 1. The summed E-state index contributed by atoms with van der Waals surface area (Å²) >= 11 is 1.46. The summed E-state index contributed by atoms with van der Waals surface area (Å²) < 4.78 is 0. The summed E-state index contributed by atoms with van der Waals surface area (Å²) in [4.78, 5) is 12.8. The molecule has 0 bridgehead atoms. The van der Waals surface area contributed by atoms with E-state index in [1.54, 1.807) is 12.1 Å². The second-order valence-corrected chi connectivity index (χ2v) is 4.33.